The van der Waals surface area contributed by atoms with Gasteiger partial charge in [-0.2, -0.15) is 5.26 Å². The number of imidazole rings is 1. The topological polar surface area (TPSA) is 41.1 Å². The molecular weight excluding hydrogens is 282 g/mol. The van der Waals surface area contributed by atoms with Crippen molar-refractivity contribution in [3.05, 3.63) is 58.4 Å². The van der Waals surface area contributed by atoms with Crippen LogP contribution < -0.4 is 0 Å². The van der Waals surface area contributed by atoms with E-state index in [1.54, 1.807) is 6.20 Å². The van der Waals surface area contributed by atoms with Gasteiger partial charge in [-0.25, -0.2) is 4.98 Å². The summed E-state index contributed by atoms with van der Waals surface area (Å²) in [6.45, 7) is 4.16. The molecule has 1 aromatic carbocycles. The third kappa shape index (κ3) is 2.39. The molecular formula is C17H14ClN3. The van der Waals surface area contributed by atoms with Crippen LogP contribution in [-0.2, 0) is 6.42 Å². The highest BCUT2D eigenvalue weighted by molar-refractivity contribution is 6.30. The van der Waals surface area contributed by atoms with Gasteiger partial charge in [0.2, 0.25) is 0 Å². The molecule has 0 N–H and O–H groups in total. The van der Waals surface area contributed by atoms with Crippen LogP contribution in [0, 0.1) is 25.2 Å². The van der Waals surface area contributed by atoms with E-state index in [1.807, 2.05) is 22.6 Å². The monoisotopic (exact) mass is 295 g/mol. The van der Waals surface area contributed by atoms with E-state index in [0.29, 0.717) is 11.4 Å². The molecule has 0 radical (unpaired) electrons. The van der Waals surface area contributed by atoms with Gasteiger partial charge in [-0.3, -0.25) is 0 Å². The van der Waals surface area contributed by atoms with Gasteiger partial charge in [0.1, 0.15) is 5.65 Å². The SMILES string of the molecule is Cc1ccc(-c2nc3ccc(Cl)cn3c2CC#N)cc1C. The van der Waals surface area contributed by atoms with E-state index in [1.165, 1.54) is 11.1 Å². The predicted molar refractivity (Wildman–Crippen MR) is 84.4 cm³/mol. The zero-order valence-electron chi connectivity index (χ0n) is 11.9. The first-order valence-corrected chi connectivity index (χ1v) is 7.09. The molecule has 0 aliphatic carbocycles. The van der Waals surface area contributed by atoms with E-state index >= 15 is 0 Å². The van der Waals surface area contributed by atoms with Crippen molar-refractivity contribution < 1.29 is 0 Å². The first-order chi connectivity index (χ1) is 10.1. The molecule has 3 nitrogen and oxygen atoms in total. The summed E-state index contributed by atoms with van der Waals surface area (Å²) in [7, 11) is 0. The fourth-order valence-electron chi connectivity index (χ4n) is 2.43. The minimum absolute atomic E-state index is 0.295. The number of rotatable bonds is 2. The molecule has 21 heavy (non-hydrogen) atoms. The Balaban J connectivity index is 2.28. The largest absolute Gasteiger partial charge is 0.301 e. The lowest BCUT2D eigenvalue weighted by Crippen LogP contribution is -1.94. The molecule has 3 aromatic rings. The molecule has 0 spiro atoms. The predicted octanol–water partition coefficient (Wildman–Crippen LogP) is 4.34. The van der Waals surface area contributed by atoms with E-state index in [4.69, 9.17) is 16.9 Å². The van der Waals surface area contributed by atoms with Gasteiger partial charge in [0.25, 0.3) is 0 Å². The van der Waals surface area contributed by atoms with Crippen molar-refractivity contribution in [3.8, 4) is 17.3 Å². The normalized spacial score (nSPS) is 10.8. The molecule has 0 unspecified atom stereocenters. The smallest absolute Gasteiger partial charge is 0.137 e. The third-order valence-corrected chi connectivity index (χ3v) is 3.93. The Morgan fingerprint density at radius 1 is 1.19 bits per heavy atom. The van der Waals surface area contributed by atoms with Crippen molar-refractivity contribution in [1.82, 2.24) is 9.38 Å². The van der Waals surface area contributed by atoms with E-state index < -0.39 is 0 Å². The summed E-state index contributed by atoms with van der Waals surface area (Å²) < 4.78 is 1.90. The summed E-state index contributed by atoms with van der Waals surface area (Å²) in [5, 5.41) is 9.74. The number of halogens is 1. The van der Waals surface area contributed by atoms with Crippen LogP contribution in [0.4, 0.5) is 0 Å². The van der Waals surface area contributed by atoms with Crippen LogP contribution in [0.3, 0.4) is 0 Å². The molecule has 0 amide bonds. The summed E-state index contributed by atoms with van der Waals surface area (Å²) in [6.07, 6.45) is 2.10. The van der Waals surface area contributed by atoms with Crippen molar-refractivity contribution in [3.63, 3.8) is 0 Å². The number of hydrogen-bond donors (Lipinski definition) is 0. The minimum Gasteiger partial charge on any atom is -0.301 e. The molecule has 104 valence electrons. The van der Waals surface area contributed by atoms with E-state index in [0.717, 1.165) is 22.6 Å². The molecule has 0 aliphatic rings. The summed E-state index contributed by atoms with van der Waals surface area (Å²) >= 11 is 6.06. The molecule has 0 bridgehead atoms. The van der Waals surface area contributed by atoms with Crippen LogP contribution in [0.5, 0.6) is 0 Å². The van der Waals surface area contributed by atoms with Crippen LogP contribution in [0.1, 0.15) is 16.8 Å². The second-order valence-electron chi connectivity index (χ2n) is 5.12. The molecule has 0 saturated heterocycles. The van der Waals surface area contributed by atoms with Crippen molar-refractivity contribution >= 4 is 17.2 Å². The molecule has 0 saturated carbocycles. The van der Waals surface area contributed by atoms with Gasteiger partial charge < -0.3 is 4.40 Å². The molecule has 0 fully saturated rings. The fraction of sp³-hybridized carbons (Fsp3) is 0.176. The van der Waals surface area contributed by atoms with Crippen LogP contribution >= 0.6 is 11.6 Å². The highest BCUT2D eigenvalue weighted by Crippen LogP contribution is 2.27. The number of nitrogens with zero attached hydrogens (tertiary/aromatic N) is 3. The number of fused-ring (bicyclic) bond motifs is 1. The Morgan fingerprint density at radius 3 is 2.71 bits per heavy atom. The Morgan fingerprint density at radius 2 is 2.00 bits per heavy atom. The molecule has 0 aliphatic heterocycles. The highest BCUT2D eigenvalue weighted by Gasteiger charge is 2.14. The van der Waals surface area contributed by atoms with Crippen molar-refractivity contribution in [2.45, 2.75) is 20.3 Å². The second-order valence-corrected chi connectivity index (χ2v) is 5.55. The molecule has 3 rings (SSSR count). The molecule has 4 heteroatoms. The second kappa shape index (κ2) is 5.23. The van der Waals surface area contributed by atoms with E-state index in [-0.39, 0.29) is 0 Å². The Bertz CT molecular complexity index is 872. The maximum absolute atomic E-state index is 9.11. The molecule has 2 heterocycles. The van der Waals surface area contributed by atoms with E-state index in [2.05, 4.69) is 37.0 Å². The molecule has 0 atom stereocenters. The van der Waals surface area contributed by atoms with Gasteiger partial charge in [0.05, 0.1) is 28.9 Å². The number of aryl methyl sites for hydroxylation is 2. The van der Waals surface area contributed by atoms with Gasteiger partial charge in [0, 0.05) is 11.8 Å². The summed E-state index contributed by atoms with van der Waals surface area (Å²) in [4.78, 5) is 4.67. The third-order valence-electron chi connectivity index (χ3n) is 3.71. The van der Waals surface area contributed by atoms with Crippen LogP contribution in [0.25, 0.3) is 16.9 Å². The zero-order valence-corrected chi connectivity index (χ0v) is 12.6. The number of benzene rings is 1. The fourth-order valence-corrected chi connectivity index (χ4v) is 2.59. The van der Waals surface area contributed by atoms with Gasteiger partial charge >= 0.3 is 0 Å². The Labute approximate surface area is 128 Å². The first kappa shape index (κ1) is 13.7. The van der Waals surface area contributed by atoms with Gasteiger partial charge in [-0.1, -0.05) is 23.7 Å². The minimum atomic E-state index is 0.295. The van der Waals surface area contributed by atoms with Gasteiger partial charge in [-0.05, 0) is 43.2 Å². The number of pyridine rings is 1. The molecule has 2 aromatic heterocycles. The van der Waals surface area contributed by atoms with Gasteiger partial charge in [-0.15, -0.1) is 0 Å². The van der Waals surface area contributed by atoms with Crippen molar-refractivity contribution in [1.29, 1.82) is 5.26 Å². The van der Waals surface area contributed by atoms with Crippen molar-refractivity contribution in [2.75, 3.05) is 0 Å². The van der Waals surface area contributed by atoms with Gasteiger partial charge in [0.15, 0.2) is 0 Å². The zero-order chi connectivity index (χ0) is 15.0. The lowest BCUT2D eigenvalue weighted by atomic mass is 10.0. The lowest BCUT2D eigenvalue weighted by Gasteiger charge is -2.05. The Kier molecular flexibility index (Phi) is 3.40. The Hall–Kier alpha value is -2.31. The number of hydrogen-bond acceptors (Lipinski definition) is 2. The van der Waals surface area contributed by atoms with Crippen LogP contribution in [-0.4, -0.2) is 9.38 Å². The summed E-state index contributed by atoms with van der Waals surface area (Å²) in [5.74, 6) is 0. The maximum Gasteiger partial charge on any atom is 0.137 e. The number of aromatic nitrogens is 2. The van der Waals surface area contributed by atoms with E-state index in [9.17, 15) is 0 Å². The maximum atomic E-state index is 9.11. The first-order valence-electron chi connectivity index (χ1n) is 6.71. The quantitative estimate of drug-likeness (QED) is 0.706. The standard InChI is InChI=1S/C17H14ClN3/c1-11-3-4-13(9-12(11)2)17-15(7-8-19)21-10-14(18)5-6-16(21)20-17/h3-6,9-10H,7H2,1-2H3. The lowest BCUT2D eigenvalue weighted by molar-refractivity contribution is 1.06. The average Bonchev–Trinajstić information content (AvgIpc) is 2.81. The summed E-state index contributed by atoms with van der Waals surface area (Å²) in [5.41, 5.74) is 6.01. The van der Waals surface area contributed by atoms with Crippen LogP contribution in [0.2, 0.25) is 5.02 Å². The summed E-state index contributed by atoms with van der Waals surface area (Å²) in [6, 6.07) is 12.1. The van der Waals surface area contributed by atoms with Crippen LogP contribution in [0.15, 0.2) is 36.5 Å². The average molecular weight is 296 g/mol. The highest BCUT2D eigenvalue weighted by atomic mass is 35.5. The number of nitriles is 1. The van der Waals surface area contributed by atoms with Crippen molar-refractivity contribution in [2.24, 2.45) is 0 Å².